The molecule has 3 heteroatoms. The van der Waals surface area contributed by atoms with Crippen LogP contribution < -0.4 is 5.73 Å². The van der Waals surface area contributed by atoms with E-state index in [1.807, 2.05) is 6.07 Å². The third kappa shape index (κ3) is 2.76. The summed E-state index contributed by atoms with van der Waals surface area (Å²) in [6.07, 6.45) is 0. The van der Waals surface area contributed by atoms with Gasteiger partial charge in [0.25, 0.3) is 0 Å². The van der Waals surface area contributed by atoms with E-state index in [-0.39, 0.29) is 0 Å². The van der Waals surface area contributed by atoms with Crippen molar-refractivity contribution in [3.8, 4) is 0 Å². The molecule has 0 aliphatic heterocycles. The topological polar surface area (TPSA) is 38.9 Å². The van der Waals surface area contributed by atoms with Gasteiger partial charge >= 0.3 is 0 Å². The first kappa shape index (κ1) is 13.9. The van der Waals surface area contributed by atoms with E-state index in [4.69, 9.17) is 22.9 Å². The molecule has 2 N–H and O–H groups in total. The zero-order valence-corrected chi connectivity index (χ0v) is 12.7. The summed E-state index contributed by atoms with van der Waals surface area (Å²) in [5, 5.41) is 1.06. The lowest BCUT2D eigenvalue weighted by Crippen LogP contribution is -2.12. The van der Waals surface area contributed by atoms with Crippen molar-refractivity contribution in [2.24, 2.45) is 5.73 Å². The van der Waals surface area contributed by atoms with Crippen LogP contribution in [0.25, 0.3) is 10.9 Å². The highest BCUT2D eigenvalue weighted by molar-refractivity contribution is 7.80. The molecule has 2 nitrogen and oxygen atoms in total. The van der Waals surface area contributed by atoms with Crippen LogP contribution in [0.1, 0.15) is 56.4 Å². The fraction of sp³-hybridized carbons (Fsp3) is 0.375. The van der Waals surface area contributed by atoms with Crippen molar-refractivity contribution in [2.45, 2.75) is 39.5 Å². The van der Waals surface area contributed by atoms with Gasteiger partial charge in [0.15, 0.2) is 0 Å². The lowest BCUT2D eigenvalue weighted by Gasteiger charge is -2.13. The van der Waals surface area contributed by atoms with Gasteiger partial charge in [-0.3, -0.25) is 4.98 Å². The number of pyridine rings is 1. The van der Waals surface area contributed by atoms with Crippen LogP contribution in [0.5, 0.6) is 0 Å². The Labute approximate surface area is 120 Å². The van der Waals surface area contributed by atoms with Gasteiger partial charge in [-0.05, 0) is 35.6 Å². The third-order valence-electron chi connectivity index (χ3n) is 3.38. The summed E-state index contributed by atoms with van der Waals surface area (Å²) in [4.78, 5) is 5.14. The Morgan fingerprint density at radius 2 is 1.79 bits per heavy atom. The normalized spacial score (nSPS) is 11.5. The zero-order valence-electron chi connectivity index (χ0n) is 11.9. The molecule has 0 aliphatic rings. The van der Waals surface area contributed by atoms with Gasteiger partial charge in [-0.15, -0.1) is 0 Å². The van der Waals surface area contributed by atoms with Crippen molar-refractivity contribution >= 4 is 28.1 Å². The Bertz CT molecular complexity index is 630. The Kier molecular flexibility index (Phi) is 3.85. The molecule has 1 aromatic carbocycles. The largest absolute Gasteiger partial charge is 0.389 e. The maximum atomic E-state index is 5.88. The van der Waals surface area contributed by atoms with Gasteiger partial charge < -0.3 is 5.73 Å². The first-order valence-electron chi connectivity index (χ1n) is 6.64. The van der Waals surface area contributed by atoms with Crippen LogP contribution >= 0.6 is 12.2 Å². The molecule has 0 radical (unpaired) electrons. The summed E-state index contributed by atoms with van der Waals surface area (Å²) < 4.78 is 0. The van der Waals surface area contributed by atoms with Gasteiger partial charge in [0, 0.05) is 16.6 Å². The van der Waals surface area contributed by atoms with Crippen LogP contribution in [-0.2, 0) is 0 Å². The summed E-state index contributed by atoms with van der Waals surface area (Å²) in [7, 11) is 0. The van der Waals surface area contributed by atoms with E-state index < -0.39 is 0 Å². The molecule has 0 atom stereocenters. The molecular weight excluding hydrogens is 252 g/mol. The number of hydrogen-bond donors (Lipinski definition) is 1. The van der Waals surface area contributed by atoms with Crippen LogP contribution in [0.3, 0.4) is 0 Å². The van der Waals surface area contributed by atoms with Crippen LogP contribution in [0.15, 0.2) is 24.3 Å². The number of nitrogens with two attached hydrogens (primary N) is 1. The molecule has 0 spiro atoms. The molecule has 0 saturated heterocycles. The van der Waals surface area contributed by atoms with Crippen LogP contribution in [0, 0.1) is 0 Å². The highest BCUT2D eigenvalue weighted by Crippen LogP contribution is 2.26. The van der Waals surface area contributed by atoms with Crippen LogP contribution in [0.4, 0.5) is 0 Å². The van der Waals surface area contributed by atoms with Gasteiger partial charge in [-0.2, -0.15) is 0 Å². The van der Waals surface area contributed by atoms with Gasteiger partial charge in [0.05, 0.1) is 5.52 Å². The van der Waals surface area contributed by atoms with E-state index in [1.165, 1.54) is 5.56 Å². The second-order valence-electron chi connectivity index (χ2n) is 5.54. The maximum absolute atomic E-state index is 5.88. The average Bonchev–Trinajstić information content (AvgIpc) is 2.36. The number of hydrogen-bond acceptors (Lipinski definition) is 2. The highest BCUT2D eigenvalue weighted by Gasteiger charge is 2.11. The lowest BCUT2D eigenvalue weighted by atomic mass is 9.97. The number of aromatic nitrogens is 1. The summed E-state index contributed by atoms with van der Waals surface area (Å²) in [5.41, 5.74) is 10.1. The molecule has 0 amide bonds. The van der Waals surface area contributed by atoms with E-state index in [0.717, 1.165) is 22.2 Å². The van der Waals surface area contributed by atoms with Gasteiger partial charge in [0.1, 0.15) is 4.99 Å². The predicted molar refractivity (Wildman–Crippen MR) is 85.8 cm³/mol. The number of thiocarbonyl (C=S) groups is 1. The number of nitrogens with zero attached hydrogens (tertiary/aromatic N) is 1. The Balaban J connectivity index is 2.76. The summed E-state index contributed by atoms with van der Waals surface area (Å²) in [6, 6.07) is 8.39. The molecule has 0 bridgehead atoms. The Morgan fingerprint density at radius 1 is 1.11 bits per heavy atom. The first-order chi connectivity index (χ1) is 8.90. The van der Waals surface area contributed by atoms with E-state index in [9.17, 15) is 0 Å². The predicted octanol–water partition coefficient (Wildman–Crippen LogP) is 4.12. The Hall–Kier alpha value is -1.48. The monoisotopic (exact) mass is 272 g/mol. The van der Waals surface area contributed by atoms with Crippen molar-refractivity contribution in [3.05, 3.63) is 41.1 Å². The summed E-state index contributed by atoms with van der Waals surface area (Å²) in [5.74, 6) is 0.843. The molecule has 2 rings (SSSR count). The fourth-order valence-electron chi connectivity index (χ4n) is 2.12. The van der Waals surface area contributed by atoms with E-state index >= 15 is 0 Å². The molecule has 1 heterocycles. The van der Waals surface area contributed by atoms with E-state index in [2.05, 4.69) is 45.9 Å². The molecule has 0 saturated carbocycles. The minimum Gasteiger partial charge on any atom is -0.389 e. The van der Waals surface area contributed by atoms with Gasteiger partial charge in [0.2, 0.25) is 0 Å². The summed E-state index contributed by atoms with van der Waals surface area (Å²) >= 11 is 5.19. The zero-order chi connectivity index (χ0) is 14.2. The highest BCUT2D eigenvalue weighted by atomic mass is 32.1. The first-order valence-corrected chi connectivity index (χ1v) is 7.05. The second-order valence-corrected chi connectivity index (χ2v) is 5.98. The van der Waals surface area contributed by atoms with E-state index in [1.54, 1.807) is 0 Å². The molecule has 19 heavy (non-hydrogen) atoms. The minimum absolute atomic E-state index is 0.363. The van der Waals surface area contributed by atoms with Crippen LogP contribution in [0.2, 0.25) is 0 Å². The third-order valence-corrected chi connectivity index (χ3v) is 3.60. The van der Waals surface area contributed by atoms with E-state index in [0.29, 0.717) is 16.8 Å². The molecule has 100 valence electrons. The van der Waals surface area contributed by atoms with Crippen LogP contribution in [-0.4, -0.2) is 9.97 Å². The minimum atomic E-state index is 0.363. The molecular formula is C16H20N2S. The fourth-order valence-corrected chi connectivity index (χ4v) is 2.29. The second kappa shape index (κ2) is 5.25. The Morgan fingerprint density at radius 3 is 2.32 bits per heavy atom. The lowest BCUT2D eigenvalue weighted by molar-refractivity contribution is 0.829. The van der Waals surface area contributed by atoms with Crippen molar-refractivity contribution in [1.82, 2.24) is 4.98 Å². The van der Waals surface area contributed by atoms with Gasteiger partial charge in [-0.1, -0.05) is 46.0 Å². The molecule has 1 aromatic heterocycles. The summed E-state index contributed by atoms with van der Waals surface area (Å²) in [6.45, 7) is 8.61. The molecule has 2 aromatic rings. The number of rotatable bonds is 3. The quantitative estimate of drug-likeness (QED) is 0.854. The number of fused-ring (bicyclic) bond motifs is 1. The maximum Gasteiger partial charge on any atom is 0.104 e. The van der Waals surface area contributed by atoms with Gasteiger partial charge in [-0.25, -0.2) is 0 Å². The van der Waals surface area contributed by atoms with Crippen molar-refractivity contribution in [3.63, 3.8) is 0 Å². The van der Waals surface area contributed by atoms with Crippen molar-refractivity contribution in [1.29, 1.82) is 0 Å². The average molecular weight is 272 g/mol. The number of benzene rings is 1. The molecule has 0 fully saturated rings. The van der Waals surface area contributed by atoms with Crippen molar-refractivity contribution in [2.75, 3.05) is 0 Å². The molecule has 0 unspecified atom stereocenters. The SMILES string of the molecule is CC(C)c1ccc2nc(C(C)C)cc(C(N)=S)c2c1. The van der Waals surface area contributed by atoms with Crippen molar-refractivity contribution < 1.29 is 0 Å². The standard InChI is InChI=1S/C16H20N2S/c1-9(2)11-5-6-14-12(7-11)13(16(17)19)8-15(18-14)10(3)4/h5-10H,1-4H3,(H2,17,19). The smallest absolute Gasteiger partial charge is 0.104 e. The molecule has 0 aliphatic carbocycles.